The lowest BCUT2D eigenvalue weighted by Crippen LogP contribution is -2.41. The molecular weight excluding hydrogens is 330 g/mol. The van der Waals surface area contributed by atoms with Crippen molar-refractivity contribution in [2.75, 3.05) is 26.7 Å². The van der Waals surface area contributed by atoms with E-state index in [4.69, 9.17) is 4.74 Å². The summed E-state index contributed by atoms with van der Waals surface area (Å²) in [5.41, 5.74) is 1.16. The molecule has 136 valence electrons. The van der Waals surface area contributed by atoms with Gasteiger partial charge in [0.05, 0.1) is 18.2 Å². The molecular formula is C20H23N3O3. The number of para-hydroxylation sites is 1. The number of aromatic nitrogens is 1. The van der Waals surface area contributed by atoms with Gasteiger partial charge >= 0.3 is 0 Å². The van der Waals surface area contributed by atoms with E-state index in [9.17, 15) is 9.59 Å². The van der Waals surface area contributed by atoms with Crippen LogP contribution in [0.1, 0.15) is 33.6 Å². The molecule has 0 spiro atoms. The van der Waals surface area contributed by atoms with Crippen molar-refractivity contribution in [1.82, 2.24) is 15.2 Å². The number of methoxy groups -OCH3 is 1. The average Bonchev–Trinajstić information content (AvgIpc) is 2.72. The molecule has 1 saturated heterocycles. The van der Waals surface area contributed by atoms with Gasteiger partial charge in [0.25, 0.3) is 11.8 Å². The quantitative estimate of drug-likeness (QED) is 0.896. The van der Waals surface area contributed by atoms with Crippen LogP contribution in [0.4, 0.5) is 0 Å². The van der Waals surface area contributed by atoms with E-state index < -0.39 is 0 Å². The molecule has 1 N–H and O–H groups in total. The van der Waals surface area contributed by atoms with Crippen molar-refractivity contribution in [1.29, 1.82) is 0 Å². The molecule has 0 unspecified atom stereocenters. The Bertz CT molecular complexity index is 756. The number of carbonyl (C=O) groups excluding carboxylic acids is 2. The van der Waals surface area contributed by atoms with Gasteiger partial charge in [-0.3, -0.25) is 14.6 Å². The van der Waals surface area contributed by atoms with Crippen molar-refractivity contribution in [3.63, 3.8) is 0 Å². The number of pyridine rings is 1. The second-order valence-corrected chi connectivity index (χ2v) is 6.39. The third-order valence-electron chi connectivity index (χ3n) is 4.71. The van der Waals surface area contributed by atoms with Crippen LogP contribution in [-0.4, -0.2) is 48.4 Å². The lowest BCUT2D eigenvalue weighted by Gasteiger charge is -2.32. The number of rotatable bonds is 5. The van der Waals surface area contributed by atoms with Gasteiger partial charge in [-0.2, -0.15) is 0 Å². The first-order chi connectivity index (χ1) is 12.7. The smallest absolute Gasteiger partial charge is 0.257 e. The van der Waals surface area contributed by atoms with Crippen LogP contribution in [0.3, 0.4) is 0 Å². The zero-order chi connectivity index (χ0) is 18.4. The highest BCUT2D eigenvalue weighted by molar-refractivity contribution is 5.97. The van der Waals surface area contributed by atoms with Crippen molar-refractivity contribution in [2.24, 2.45) is 5.92 Å². The molecule has 0 bridgehead atoms. The Hall–Kier alpha value is -2.89. The molecule has 1 aromatic heterocycles. The summed E-state index contributed by atoms with van der Waals surface area (Å²) in [4.78, 5) is 30.6. The number of nitrogens with one attached hydrogen (secondary N) is 1. The van der Waals surface area contributed by atoms with Crippen LogP contribution in [0.2, 0.25) is 0 Å². The normalized spacial score (nSPS) is 14.7. The van der Waals surface area contributed by atoms with Gasteiger partial charge in [-0.25, -0.2) is 0 Å². The maximum atomic E-state index is 12.7. The molecule has 2 heterocycles. The highest BCUT2D eigenvalue weighted by atomic mass is 16.5. The fourth-order valence-corrected chi connectivity index (χ4v) is 3.17. The second-order valence-electron chi connectivity index (χ2n) is 6.39. The van der Waals surface area contributed by atoms with Gasteiger partial charge in [0.1, 0.15) is 5.75 Å². The SMILES string of the molecule is COc1ccccc1C(=O)N1CCC(CNC(=O)c2cccnc2)CC1. The Balaban J connectivity index is 1.50. The molecule has 0 radical (unpaired) electrons. The summed E-state index contributed by atoms with van der Waals surface area (Å²) < 4.78 is 5.29. The summed E-state index contributed by atoms with van der Waals surface area (Å²) in [5.74, 6) is 0.867. The number of benzene rings is 1. The average molecular weight is 353 g/mol. The standard InChI is InChI=1S/C20H23N3O3/c1-26-18-7-3-2-6-17(18)20(25)23-11-8-15(9-12-23)13-22-19(24)16-5-4-10-21-14-16/h2-7,10,14-15H,8-9,11-13H2,1H3,(H,22,24). The molecule has 0 saturated carbocycles. The molecule has 3 rings (SSSR count). The molecule has 0 atom stereocenters. The fraction of sp³-hybridized carbons (Fsp3) is 0.350. The highest BCUT2D eigenvalue weighted by Crippen LogP contribution is 2.23. The lowest BCUT2D eigenvalue weighted by atomic mass is 9.96. The Morgan fingerprint density at radius 2 is 1.96 bits per heavy atom. The molecule has 26 heavy (non-hydrogen) atoms. The van der Waals surface area contributed by atoms with Crippen LogP contribution in [0, 0.1) is 5.92 Å². The summed E-state index contributed by atoms with van der Waals surface area (Å²) >= 11 is 0. The first kappa shape index (κ1) is 17.9. The van der Waals surface area contributed by atoms with Gasteiger partial charge in [-0.05, 0) is 43.0 Å². The van der Waals surface area contributed by atoms with Gasteiger partial charge < -0.3 is 15.0 Å². The lowest BCUT2D eigenvalue weighted by molar-refractivity contribution is 0.0681. The van der Waals surface area contributed by atoms with Crippen LogP contribution in [-0.2, 0) is 0 Å². The molecule has 1 aliphatic rings. The zero-order valence-corrected chi connectivity index (χ0v) is 14.9. The predicted molar refractivity (Wildman–Crippen MR) is 98.2 cm³/mol. The van der Waals surface area contributed by atoms with Crippen molar-refractivity contribution < 1.29 is 14.3 Å². The number of ether oxygens (including phenoxy) is 1. The van der Waals surface area contributed by atoms with Crippen LogP contribution in [0.5, 0.6) is 5.75 Å². The van der Waals surface area contributed by atoms with E-state index in [1.165, 1.54) is 0 Å². The number of likely N-dealkylation sites (tertiary alicyclic amines) is 1. The predicted octanol–water partition coefficient (Wildman–Crippen LogP) is 2.37. The third kappa shape index (κ3) is 4.20. The largest absolute Gasteiger partial charge is 0.496 e. The molecule has 6 heteroatoms. The van der Waals surface area contributed by atoms with E-state index in [2.05, 4.69) is 10.3 Å². The van der Waals surface area contributed by atoms with Gasteiger partial charge in [0.2, 0.25) is 0 Å². The number of piperidine rings is 1. The minimum absolute atomic E-state index is 0.000274. The van der Waals surface area contributed by atoms with Gasteiger partial charge in [-0.15, -0.1) is 0 Å². The molecule has 2 aromatic rings. The summed E-state index contributed by atoms with van der Waals surface area (Å²) in [7, 11) is 1.57. The van der Waals surface area contributed by atoms with E-state index >= 15 is 0 Å². The fourth-order valence-electron chi connectivity index (χ4n) is 3.17. The Kier molecular flexibility index (Phi) is 5.84. The van der Waals surface area contributed by atoms with Gasteiger partial charge in [-0.1, -0.05) is 12.1 Å². The summed E-state index contributed by atoms with van der Waals surface area (Å²) in [6.45, 7) is 1.99. The van der Waals surface area contributed by atoms with E-state index in [0.29, 0.717) is 42.4 Å². The Morgan fingerprint density at radius 3 is 2.65 bits per heavy atom. The zero-order valence-electron chi connectivity index (χ0n) is 14.9. The monoisotopic (exact) mass is 353 g/mol. The molecule has 1 aromatic carbocycles. The first-order valence-corrected chi connectivity index (χ1v) is 8.79. The number of carbonyl (C=O) groups is 2. The minimum Gasteiger partial charge on any atom is -0.496 e. The number of nitrogens with zero attached hydrogens (tertiary/aromatic N) is 2. The molecule has 2 amide bonds. The highest BCUT2D eigenvalue weighted by Gasteiger charge is 2.25. The Morgan fingerprint density at radius 1 is 1.19 bits per heavy atom. The second kappa shape index (κ2) is 8.47. The minimum atomic E-state index is -0.106. The molecule has 6 nitrogen and oxygen atoms in total. The molecule has 1 fully saturated rings. The van der Waals surface area contributed by atoms with Crippen LogP contribution >= 0.6 is 0 Å². The van der Waals surface area contributed by atoms with Gasteiger partial charge in [0.15, 0.2) is 0 Å². The number of hydrogen-bond acceptors (Lipinski definition) is 4. The van der Waals surface area contributed by atoms with Crippen LogP contribution in [0.25, 0.3) is 0 Å². The van der Waals surface area contributed by atoms with E-state index in [1.54, 1.807) is 43.8 Å². The summed E-state index contributed by atoms with van der Waals surface area (Å²) in [5, 5.41) is 2.96. The van der Waals surface area contributed by atoms with E-state index in [-0.39, 0.29) is 11.8 Å². The van der Waals surface area contributed by atoms with Crippen LogP contribution < -0.4 is 10.1 Å². The number of amides is 2. The molecule has 0 aliphatic carbocycles. The van der Waals surface area contributed by atoms with Crippen LogP contribution in [0.15, 0.2) is 48.8 Å². The van der Waals surface area contributed by atoms with E-state index in [1.807, 2.05) is 17.0 Å². The van der Waals surface area contributed by atoms with E-state index in [0.717, 1.165) is 12.8 Å². The Labute approximate surface area is 153 Å². The summed E-state index contributed by atoms with van der Waals surface area (Å²) in [6.07, 6.45) is 4.94. The van der Waals surface area contributed by atoms with Crippen molar-refractivity contribution in [3.8, 4) is 5.75 Å². The van der Waals surface area contributed by atoms with Crippen molar-refractivity contribution >= 4 is 11.8 Å². The van der Waals surface area contributed by atoms with Crippen molar-refractivity contribution in [3.05, 3.63) is 59.9 Å². The number of hydrogen-bond donors (Lipinski definition) is 1. The third-order valence-corrected chi connectivity index (χ3v) is 4.71. The maximum Gasteiger partial charge on any atom is 0.257 e. The molecule has 1 aliphatic heterocycles. The first-order valence-electron chi connectivity index (χ1n) is 8.79. The topological polar surface area (TPSA) is 71.5 Å². The van der Waals surface area contributed by atoms with Crippen molar-refractivity contribution in [2.45, 2.75) is 12.8 Å². The maximum absolute atomic E-state index is 12.7. The summed E-state index contributed by atoms with van der Waals surface area (Å²) in [6, 6.07) is 10.8. The van der Waals surface area contributed by atoms with Gasteiger partial charge in [0, 0.05) is 32.0 Å².